The van der Waals surface area contributed by atoms with E-state index >= 15 is 0 Å². The summed E-state index contributed by atoms with van der Waals surface area (Å²) < 4.78 is 0. The lowest BCUT2D eigenvalue weighted by molar-refractivity contribution is 0.258. The van der Waals surface area contributed by atoms with Crippen LogP contribution in [0.2, 0.25) is 0 Å². The second-order valence-corrected chi connectivity index (χ2v) is 8.72. The van der Waals surface area contributed by atoms with Gasteiger partial charge in [0.1, 0.15) is 0 Å². The fourth-order valence-electron chi connectivity index (χ4n) is 4.03. The van der Waals surface area contributed by atoms with Gasteiger partial charge in [0.2, 0.25) is 0 Å². The van der Waals surface area contributed by atoms with Crippen molar-refractivity contribution in [1.29, 1.82) is 0 Å². The second-order valence-electron chi connectivity index (χ2n) is 8.72. The zero-order valence-electron chi connectivity index (χ0n) is 18.9. The second kappa shape index (κ2) is 18.7. The SMILES string of the molecule is CCCCCCCCCCCCCCCCCCN1C=CN(CCCC)C1. The average molecular weight is 379 g/mol. The molecule has 27 heavy (non-hydrogen) atoms. The summed E-state index contributed by atoms with van der Waals surface area (Å²) in [5.41, 5.74) is 0. The van der Waals surface area contributed by atoms with Gasteiger partial charge in [0.05, 0.1) is 6.67 Å². The molecule has 0 aliphatic carbocycles. The van der Waals surface area contributed by atoms with Gasteiger partial charge in [-0.2, -0.15) is 0 Å². The first-order chi connectivity index (χ1) is 13.4. The summed E-state index contributed by atoms with van der Waals surface area (Å²) >= 11 is 0. The summed E-state index contributed by atoms with van der Waals surface area (Å²) in [6.07, 6.45) is 30.4. The van der Waals surface area contributed by atoms with E-state index in [1.54, 1.807) is 0 Å². The Bertz CT molecular complexity index is 326. The Balaban J connectivity index is 1.72. The minimum atomic E-state index is 1.12. The van der Waals surface area contributed by atoms with Crippen LogP contribution >= 0.6 is 0 Å². The van der Waals surface area contributed by atoms with E-state index in [1.165, 1.54) is 129 Å². The van der Waals surface area contributed by atoms with Crippen molar-refractivity contribution in [2.75, 3.05) is 19.8 Å². The summed E-state index contributed by atoms with van der Waals surface area (Å²) in [7, 11) is 0. The predicted molar refractivity (Wildman–Crippen MR) is 122 cm³/mol. The summed E-state index contributed by atoms with van der Waals surface area (Å²) in [6.45, 7) is 8.17. The summed E-state index contributed by atoms with van der Waals surface area (Å²) in [5.74, 6) is 0. The van der Waals surface area contributed by atoms with E-state index < -0.39 is 0 Å². The predicted octanol–water partition coefficient (Wildman–Crippen LogP) is 8.09. The van der Waals surface area contributed by atoms with Crippen molar-refractivity contribution in [3.63, 3.8) is 0 Å². The summed E-state index contributed by atoms with van der Waals surface area (Å²) in [6, 6.07) is 0. The third-order valence-corrected chi connectivity index (χ3v) is 5.95. The first-order valence-corrected chi connectivity index (χ1v) is 12.5. The molecule has 160 valence electrons. The van der Waals surface area contributed by atoms with Crippen molar-refractivity contribution in [3.8, 4) is 0 Å². The van der Waals surface area contributed by atoms with Crippen LogP contribution in [0.3, 0.4) is 0 Å². The number of hydrogen-bond donors (Lipinski definition) is 0. The largest absolute Gasteiger partial charge is 0.359 e. The number of rotatable bonds is 20. The van der Waals surface area contributed by atoms with Crippen molar-refractivity contribution in [1.82, 2.24) is 9.80 Å². The molecule has 2 nitrogen and oxygen atoms in total. The van der Waals surface area contributed by atoms with Crippen LogP contribution in [0.1, 0.15) is 129 Å². The van der Waals surface area contributed by atoms with Crippen LogP contribution < -0.4 is 0 Å². The molecule has 0 aromatic heterocycles. The minimum absolute atomic E-state index is 1.12. The maximum absolute atomic E-state index is 2.49. The molecule has 1 aliphatic rings. The monoisotopic (exact) mass is 378 g/mol. The molecular formula is C25H50N2. The third-order valence-electron chi connectivity index (χ3n) is 5.95. The standard InChI is InChI=1S/C25H50N2/c1-3-5-7-8-9-10-11-12-13-14-15-16-17-18-19-20-22-27-24-23-26(25-27)21-6-4-2/h23-24H,3-22,25H2,1-2H3. The summed E-state index contributed by atoms with van der Waals surface area (Å²) in [5, 5.41) is 0. The zero-order chi connectivity index (χ0) is 19.4. The van der Waals surface area contributed by atoms with E-state index in [2.05, 4.69) is 36.0 Å². The Morgan fingerprint density at radius 1 is 0.444 bits per heavy atom. The molecule has 0 saturated carbocycles. The molecule has 1 rings (SSSR count). The Morgan fingerprint density at radius 2 is 0.778 bits per heavy atom. The lowest BCUT2D eigenvalue weighted by Crippen LogP contribution is -2.26. The van der Waals surface area contributed by atoms with Crippen LogP contribution in [0, 0.1) is 0 Å². The van der Waals surface area contributed by atoms with Gasteiger partial charge in [-0.15, -0.1) is 0 Å². The van der Waals surface area contributed by atoms with Gasteiger partial charge >= 0.3 is 0 Å². The Hall–Kier alpha value is -0.660. The van der Waals surface area contributed by atoms with Crippen LogP contribution in [-0.2, 0) is 0 Å². The van der Waals surface area contributed by atoms with E-state index in [1.807, 2.05) is 0 Å². The van der Waals surface area contributed by atoms with E-state index in [9.17, 15) is 0 Å². The Labute approximate surface area is 171 Å². The van der Waals surface area contributed by atoms with E-state index in [4.69, 9.17) is 0 Å². The smallest absolute Gasteiger partial charge is 0.0893 e. The van der Waals surface area contributed by atoms with Gasteiger partial charge in [0.25, 0.3) is 0 Å². The van der Waals surface area contributed by atoms with Crippen LogP contribution in [-0.4, -0.2) is 29.6 Å². The highest BCUT2D eigenvalue weighted by atomic mass is 15.3. The maximum Gasteiger partial charge on any atom is 0.0893 e. The van der Waals surface area contributed by atoms with Crippen molar-refractivity contribution in [2.45, 2.75) is 129 Å². The van der Waals surface area contributed by atoms with Crippen molar-refractivity contribution >= 4 is 0 Å². The van der Waals surface area contributed by atoms with E-state index in [0.717, 1.165) is 6.67 Å². The van der Waals surface area contributed by atoms with Crippen LogP contribution in [0.15, 0.2) is 12.4 Å². The molecule has 0 saturated heterocycles. The van der Waals surface area contributed by atoms with Crippen molar-refractivity contribution < 1.29 is 0 Å². The van der Waals surface area contributed by atoms with Crippen LogP contribution in [0.4, 0.5) is 0 Å². The third kappa shape index (κ3) is 15.0. The normalized spacial score (nSPS) is 13.9. The first kappa shape index (κ1) is 24.4. The molecular weight excluding hydrogens is 328 g/mol. The molecule has 0 aromatic carbocycles. The van der Waals surface area contributed by atoms with Gasteiger partial charge in [-0.3, -0.25) is 0 Å². The molecule has 1 heterocycles. The molecule has 0 radical (unpaired) electrons. The molecule has 0 bridgehead atoms. The molecule has 0 fully saturated rings. The van der Waals surface area contributed by atoms with E-state index in [0.29, 0.717) is 0 Å². The molecule has 2 heteroatoms. The van der Waals surface area contributed by atoms with Gasteiger partial charge in [0, 0.05) is 25.5 Å². The molecule has 0 atom stereocenters. The molecule has 0 unspecified atom stereocenters. The topological polar surface area (TPSA) is 6.48 Å². The average Bonchev–Trinajstić information content (AvgIpc) is 3.13. The molecule has 0 aromatic rings. The highest BCUT2D eigenvalue weighted by Gasteiger charge is 2.10. The lowest BCUT2D eigenvalue weighted by atomic mass is 10.0. The van der Waals surface area contributed by atoms with Crippen molar-refractivity contribution in [3.05, 3.63) is 12.4 Å². The fraction of sp³-hybridized carbons (Fsp3) is 0.920. The van der Waals surface area contributed by atoms with Gasteiger partial charge < -0.3 is 9.80 Å². The van der Waals surface area contributed by atoms with Crippen LogP contribution in [0.25, 0.3) is 0 Å². The summed E-state index contributed by atoms with van der Waals surface area (Å²) in [4.78, 5) is 4.94. The molecule has 0 N–H and O–H groups in total. The minimum Gasteiger partial charge on any atom is -0.359 e. The van der Waals surface area contributed by atoms with E-state index in [-0.39, 0.29) is 0 Å². The Morgan fingerprint density at radius 3 is 1.19 bits per heavy atom. The van der Waals surface area contributed by atoms with Gasteiger partial charge in [-0.1, -0.05) is 117 Å². The molecule has 1 aliphatic heterocycles. The number of unbranched alkanes of at least 4 members (excludes halogenated alkanes) is 16. The van der Waals surface area contributed by atoms with Crippen LogP contribution in [0.5, 0.6) is 0 Å². The first-order valence-electron chi connectivity index (χ1n) is 12.5. The fourth-order valence-corrected chi connectivity index (χ4v) is 4.03. The maximum atomic E-state index is 2.49. The van der Waals surface area contributed by atoms with Gasteiger partial charge in [-0.05, 0) is 12.8 Å². The number of nitrogens with zero attached hydrogens (tertiary/aromatic N) is 2. The lowest BCUT2D eigenvalue weighted by Gasteiger charge is -2.21. The molecule has 0 spiro atoms. The Kier molecular flexibility index (Phi) is 16.9. The van der Waals surface area contributed by atoms with Crippen molar-refractivity contribution in [2.24, 2.45) is 0 Å². The zero-order valence-corrected chi connectivity index (χ0v) is 18.9. The quantitative estimate of drug-likeness (QED) is 0.197. The van der Waals surface area contributed by atoms with Gasteiger partial charge in [0.15, 0.2) is 0 Å². The van der Waals surface area contributed by atoms with Gasteiger partial charge in [-0.25, -0.2) is 0 Å². The number of hydrogen-bond acceptors (Lipinski definition) is 2. The highest BCUT2D eigenvalue weighted by Crippen LogP contribution is 2.14. The highest BCUT2D eigenvalue weighted by molar-refractivity contribution is 4.90. The molecule has 0 amide bonds.